The van der Waals surface area contributed by atoms with Gasteiger partial charge in [0.15, 0.2) is 0 Å². The first-order chi connectivity index (χ1) is 21.5. The Kier molecular flexibility index (Phi) is 11.0. The minimum atomic E-state index is -0.825. The molecule has 1 atom stereocenters. The van der Waals surface area contributed by atoms with Gasteiger partial charge in [0.2, 0.25) is 11.8 Å². The van der Waals surface area contributed by atoms with Crippen LogP contribution in [0.15, 0.2) is 85.2 Å². The van der Waals surface area contributed by atoms with E-state index in [1.54, 1.807) is 12.4 Å². The molecule has 2 aromatic carbocycles. The van der Waals surface area contributed by atoms with Gasteiger partial charge in [-0.25, -0.2) is 4.79 Å². The van der Waals surface area contributed by atoms with Gasteiger partial charge < -0.3 is 25.2 Å². The Morgan fingerprint density at radius 3 is 2.20 bits per heavy atom. The second-order valence-electron chi connectivity index (χ2n) is 11.7. The molecule has 1 unspecified atom stereocenters. The van der Waals surface area contributed by atoms with Crippen molar-refractivity contribution < 1.29 is 19.1 Å². The first-order valence-electron chi connectivity index (χ1n) is 15.8. The second kappa shape index (κ2) is 15.5. The molecule has 2 aliphatic rings. The van der Waals surface area contributed by atoms with E-state index < -0.39 is 17.7 Å². The fourth-order valence-corrected chi connectivity index (χ4v) is 6.20. The van der Waals surface area contributed by atoms with Gasteiger partial charge in [0, 0.05) is 45.1 Å². The van der Waals surface area contributed by atoms with Gasteiger partial charge in [-0.05, 0) is 73.8 Å². The number of aromatic nitrogens is 1. The van der Waals surface area contributed by atoms with Crippen LogP contribution in [0.5, 0.6) is 0 Å². The van der Waals surface area contributed by atoms with Crippen molar-refractivity contribution >= 4 is 17.9 Å². The topological polar surface area (TPSA) is 104 Å². The Bertz CT molecular complexity index is 1350. The molecule has 0 saturated carbocycles. The molecule has 1 spiro atoms. The number of hydrogen-bond acceptors (Lipinski definition) is 6. The van der Waals surface area contributed by atoms with Crippen molar-refractivity contribution in [3.8, 4) is 0 Å². The van der Waals surface area contributed by atoms with Crippen molar-refractivity contribution in [3.05, 3.63) is 102 Å². The smallest absolute Gasteiger partial charge is 0.407 e. The average molecular weight is 598 g/mol. The van der Waals surface area contributed by atoms with E-state index in [1.807, 2.05) is 53.4 Å². The SMILES string of the molecule is O=C(NCCCCC1NC(=O)C2(CCN(CCc3ccccc3)CC2)N(CCc2ccncc2)C1=O)OCc1ccccc1. The van der Waals surface area contributed by atoms with Crippen LogP contribution in [0.3, 0.4) is 0 Å². The lowest BCUT2D eigenvalue weighted by atomic mass is 9.81. The largest absolute Gasteiger partial charge is 0.445 e. The van der Waals surface area contributed by atoms with E-state index in [9.17, 15) is 14.4 Å². The quantitative estimate of drug-likeness (QED) is 0.287. The third-order valence-electron chi connectivity index (χ3n) is 8.83. The number of carbonyl (C=O) groups excluding carboxylic acids is 3. The van der Waals surface area contributed by atoms with Crippen molar-refractivity contribution in [1.82, 2.24) is 25.4 Å². The van der Waals surface area contributed by atoms with Crippen molar-refractivity contribution in [3.63, 3.8) is 0 Å². The molecular weight excluding hydrogens is 554 g/mol. The Balaban J connectivity index is 1.13. The predicted molar refractivity (Wildman–Crippen MR) is 169 cm³/mol. The van der Waals surface area contributed by atoms with Crippen LogP contribution >= 0.6 is 0 Å². The number of piperazine rings is 1. The second-order valence-corrected chi connectivity index (χ2v) is 11.7. The van der Waals surface area contributed by atoms with Gasteiger partial charge in [-0.3, -0.25) is 14.6 Å². The number of hydrogen-bond donors (Lipinski definition) is 2. The van der Waals surface area contributed by atoms with E-state index in [0.717, 1.165) is 37.2 Å². The number of nitrogens with one attached hydrogen (secondary N) is 2. The van der Waals surface area contributed by atoms with E-state index in [0.29, 0.717) is 51.6 Å². The summed E-state index contributed by atoms with van der Waals surface area (Å²) >= 11 is 0. The van der Waals surface area contributed by atoms with E-state index in [4.69, 9.17) is 4.74 Å². The summed E-state index contributed by atoms with van der Waals surface area (Å²) < 4.78 is 5.27. The van der Waals surface area contributed by atoms with Crippen LogP contribution in [-0.2, 0) is 33.8 Å². The maximum atomic E-state index is 13.9. The van der Waals surface area contributed by atoms with E-state index >= 15 is 0 Å². The number of likely N-dealkylation sites (tertiary alicyclic amines) is 1. The number of alkyl carbamates (subject to hydrolysis) is 1. The number of pyridine rings is 1. The summed E-state index contributed by atoms with van der Waals surface area (Å²) in [7, 11) is 0. The summed E-state index contributed by atoms with van der Waals surface area (Å²) in [4.78, 5) is 48.2. The fraction of sp³-hybridized carbons (Fsp3) is 0.429. The van der Waals surface area contributed by atoms with Crippen LogP contribution in [0, 0.1) is 0 Å². The number of benzene rings is 2. The van der Waals surface area contributed by atoms with Crippen molar-refractivity contribution in [2.75, 3.05) is 32.7 Å². The van der Waals surface area contributed by atoms with Crippen LogP contribution in [0.1, 0.15) is 48.8 Å². The average Bonchev–Trinajstić information content (AvgIpc) is 3.07. The van der Waals surface area contributed by atoms with Crippen LogP contribution in [-0.4, -0.2) is 77.0 Å². The van der Waals surface area contributed by atoms with Gasteiger partial charge in [0.25, 0.3) is 0 Å². The Morgan fingerprint density at radius 1 is 0.864 bits per heavy atom. The van der Waals surface area contributed by atoms with Crippen LogP contribution in [0.25, 0.3) is 0 Å². The molecule has 2 aliphatic heterocycles. The summed E-state index contributed by atoms with van der Waals surface area (Å²) in [6.45, 7) is 3.63. The number of unbranched alkanes of at least 4 members (excludes halogenated alkanes) is 1. The molecule has 0 radical (unpaired) electrons. The molecule has 0 bridgehead atoms. The Labute approximate surface area is 260 Å². The number of piperidine rings is 1. The first-order valence-corrected chi connectivity index (χ1v) is 15.8. The summed E-state index contributed by atoms with van der Waals surface area (Å²) in [6, 6.07) is 23.3. The number of nitrogens with zero attached hydrogens (tertiary/aromatic N) is 3. The highest BCUT2D eigenvalue weighted by atomic mass is 16.5. The Morgan fingerprint density at radius 2 is 1.50 bits per heavy atom. The number of rotatable bonds is 13. The molecule has 5 rings (SSSR count). The highest BCUT2D eigenvalue weighted by Crippen LogP contribution is 2.34. The Hall–Kier alpha value is -4.24. The lowest BCUT2D eigenvalue weighted by Crippen LogP contribution is -2.73. The van der Waals surface area contributed by atoms with Gasteiger partial charge in [-0.15, -0.1) is 0 Å². The zero-order valence-corrected chi connectivity index (χ0v) is 25.3. The minimum Gasteiger partial charge on any atom is -0.445 e. The fourth-order valence-electron chi connectivity index (χ4n) is 6.20. The maximum Gasteiger partial charge on any atom is 0.407 e. The summed E-state index contributed by atoms with van der Waals surface area (Å²) in [5, 5.41) is 5.87. The molecule has 232 valence electrons. The lowest BCUT2D eigenvalue weighted by Gasteiger charge is -2.51. The van der Waals surface area contributed by atoms with Gasteiger partial charge in [0.05, 0.1) is 0 Å². The molecule has 3 heterocycles. The lowest BCUT2D eigenvalue weighted by molar-refractivity contribution is -0.161. The van der Waals surface area contributed by atoms with Crippen molar-refractivity contribution in [2.45, 2.75) is 63.1 Å². The maximum absolute atomic E-state index is 13.9. The highest BCUT2D eigenvalue weighted by Gasteiger charge is 2.53. The molecule has 44 heavy (non-hydrogen) atoms. The molecule has 1 aromatic heterocycles. The summed E-state index contributed by atoms with van der Waals surface area (Å²) in [5.74, 6) is -0.0474. The predicted octanol–water partition coefficient (Wildman–Crippen LogP) is 4.13. The third kappa shape index (κ3) is 8.23. The number of carbonyl (C=O) groups is 3. The molecule has 9 heteroatoms. The molecule has 0 aliphatic carbocycles. The van der Waals surface area contributed by atoms with E-state index in [-0.39, 0.29) is 18.4 Å². The summed E-state index contributed by atoms with van der Waals surface area (Å²) in [5.41, 5.74) is 2.50. The zero-order valence-electron chi connectivity index (χ0n) is 25.3. The van der Waals surface area contributed by atoms with E-state index in [2.05, 4.69) is 44.8 Å². The highest BCUT2D eigenvalue weighted by molar-refractivity contribution is 6.00. The zero-order chi connectivity index (χ0) is 30.6. The molecule has 9 nitrogen and oxygen atoms in total. The monoisotopic (exact) mass is 597 g/mol. The van der Waals surface area contributed by atoms with Gasteiger partial charge in [-0.2, -0.15) is 0 Å². The summed E-state index contributed by atoms with van der Waals surface area (Å²) in [6.07, 6.45) is 7.83. The van der Waals surface area contributed by atoms with Gasteiger partial charge in [-0.1, -0.05) is 60.7 Å². The van der Waals surface area contributed by atoms with Crippen molar-refractivity contribution in [2.24, 2.45) is 0 Å². The third-order valence-corrected chi connectivity index (χ3v) is 8.83. The molecule has 2 N–H and O–H groups in total. The normalized spacial score (nSPS) is 18.2. The molecule has 3 amide bonds. The molecule has 2 saturated heterocycles. The number of amides is 3. The van der Waals surface area contributed by atoms with Crippen LogP contribution in [0.4, 0.5) is 4.79 Å². The van der Waals surface area contributed by atoms with E-state index in [1.165, 1.54) is 5.56 Å². The first kappa shape index (κ1) is 31.2. The minimum absolute atomic E-state index is 0.00776. The molecule has 2 fully saturated rings. The van der Waals surface area contributed by atoms with Gasteiger partial charge in [0.1, 0.15) is 18.2 Å². The standard InChI is InChI=1S/C35H43N5O4/c41-32-31(13-7-8-20-37-34(43)44-27-30-11-5-2-6-12-30)38-33(42)35(40(32)24-17-29-14-21-36-22-15-29)18-25-39(26-19-35)23-16-28-9-3-1-4-10-28/h1-6,9-12,14-15,21-22,31H,7-8,13,16-20,23-27H2,(H,37,43)(H,38,42). The van der Waals surface area contributed by atoms with Gasteiger partial charge >= 0.3 is 6.09 Å². The van der Waals surface area contributed by atoms with Crippen molar-refractivity contribution in [1.29, 1.82) is 0 Å². The molecule has 3 aromatic rings. The van der Waals surface area contributed by atoms with Crippen LogP contribution < -0.4 is 10.6 Å². The molecular formula is C35H43N5O4. The van der Waals surface area contributed by atoms with Crippen LogP contribution in [0.2, 0.25) is 0 Å². The number of ether oxygens (including phenoxy) is 1.